The zero-order valence-corrected chi connectivity index (χ0v) is 15.0. The second kappa shape index (κ2) is 6.68. The Hall–Kier alpha value is -1.29. The molecule has 3 rings (SSSR count). The molecular weight excluding hydrogens is 384 g/mol. The van der Waals surface area contributed by atoms with E-state index in [9.17, 15) is 8.42 Å². The number of piperazine rings is 1. The molecule has 0 N–H and O–H groups in total. The second-order valence-electron chi connectivity index (χ2n) is 5.35. The highest BCUT2D eigenvalue weighted by Crippen LogP contribution is 2.20. The van der Waals surface area contributed by atoms with Gasteiger partial charge in [-0.15, -0.1) is 10.2 Å². The number of aromatic nitrogens is 2. The Morgan fingerprint density at radius 3 is 2.35 bits per heavy atom. The van der Waals surface area contributed by atoms with E-state index in [1.165, 1.54) is 4.31 Å². The van der Waals surface area contributed by atoms with Crippen molar-refractivity contribution in [1.82, 2.24) is 19.4 Å². The highest BCUT2D eigenvalue weighted by Gasteiger charge is 2.28. The largest absolute Gasteiger partial charge is 0.424 e. The van der Waals surface area contributed by atoms with Gasteiger partial charge in [0.15, 0.2) is 0 Å². The van der Waals surface area contributed by atoms with E-state index in [4.69, 9.17) is 4.42 Å². The Labute approximate surface area is 143 Å². The molecule has 124 valence electrons. The fourth-order valence-corrected chi connectivity index (χ4v) is 4.16. The van der Waals surface area contributed by atoms with E-state index in [2.05, 4.69) is 31.0 Å². The third kappa shape index (κ3) is 3.79. The molecule has 2 heterocycles. The standard InChI is InChI=1S/C14H17BrN4O3S/c1-11-16-17-14(22-11)10-18-6-8-19(9-7-18)23(20,21)13-4-2-12(15)3-5-13/h2-5H,6-10H2,1H3. The highest BCUT2D eigenvalue weighted by atomic mass is 79.9. The minimum Gasteiger partial charge on any atom is -0.424 e. The number of halogens is 1. The molecule has 0 unspecified atom stereocenters. The van der Waals surface area contributed by atoms with Crippen LogP contribution in [-0.4, -0.2) is 54.0 Å². The molecule has 1 saturated heterocycles. The summed E-state index contributed by atoms with van der Waals surface area (Å²) in [6, 6.07) is 6.71. The van der Waals surface area contributed by atoms with Crippen LogP contribution in [0.2, 0.25) is 0 Å². The summed E-state index contributed by atoms with van der Waals surface area (Å²) >= 11 is 3.31. The predicted octanol–water partition coefficient (Wildman–Crippen LogP) is 1.65. The lowest BCUT2D eigenvalue weighted by atomic mass is 10.3. The Morgan fingerprint density at radius 1 is 1.13 bits per heavy atom. The van der Waals surface area contributed by atoms with Gasteiger partial charge < -0.3 is 4.42 Å². The lowest BCUT2D eigenvalue weighted by Gasteiger charge is -2.33. The summed E-state index contributed by atoms with van der Waals surface area (Å²) in [6.45, 7) is 4.47. The van der Waals surface area contributed by atoms with E-state index >= 15 is 0 Å². The first kappa shape index (κ1) is 16.6. The molecule has 0 radical (unpaired) electrons. The average Bonchev–Trinajstić information content (AvgIpc) is 2.93. The van der Waals surface area contributed by atoms with E-state index in [0.29, 0.717) is 49.4 Å². The molecule has 0 spiro atoms. The fraction of sp³-hybridized carbons (Fsp3) is 0.429. The highest BCUT2D eigenvalue weighted by molar-refractivity contribution is 9.10. The van der Waals surface area contributed by atoms with Crippen molar-refractivity contribution in [3.05, 3.63) is 40.5 Å². The smallest absolute Gasteiger partial charge is 0.243 e. The van der Waals surface area contributed by atoms with Gasteiger partial charge in [-0.2, -0.15) is 4.31 Å². The van der Waals surface area contributed by atoms with Crippen LogP contribution in [-0.2, 0) is 16.6 Å². The normalized spacial score (nSPS) is 17.5. The summed E-state index contributed by atoms with van der Waals surface area (Å²) in [5, 5.41) is 7.77. The van der Waals surface area contributed by atoms with Gasteiger partial charge >= 0.3 is 0 Å². The molecule has 23 heavy (non-hydrogen) atoms. The number of sulfonamides is 1. The Balaban J connectivity index is 1.62. The Bertz CT molecular complexity index is 768. The third-order valence-electron chi connectivity index (χ3n) is 3.71. The van der Waals surface area contributed by atoms with Gasteiger partial charge in [-0.25, -0.2) is 8.42 Å². The van der Waals surface area contributed by atoms with Gasteiger partial charge in [-0.3, -0.25) is 4.90 Å². The molecule has 7 nitrogen and oxygen atoms in total. The van der Waals surface area contributed by atoms with Gasteiger partial charge in [0, 0.05) is 37.6 Å². The van der Waals surface area contributed by atoms with Crippen molar-refractivity contribution in [3.8, 4) is 0 Å². The molecule has 0 bridgehead atoms. The van der Waals surface area contributed by atoms with Crippen LogP contribution in [0.3, 0.4) is 0 Å². The maximum Gasteiger partial charge on any atom is 0.243 e. The quantitative estimate of drug-likeness (QED) is 0.775. The van der Waals surface area contributed by atoms with E-state index < -0.39 is 10.0 Å². The van der Waals surface area contributed by atoms with Crippen LogP contribution >= 0.6 is 15.9 Å². The molecular formula is C14H17BrN4O3S. The zero-order valence-electron chi connectivity index (χ0n) is 12.6. The van der Waals surface area contributed by atoms with Gasteiger partial charge in [0.1, 0.15) is 0 Å². The zero-order chi connectivity index (χ0) is 16.4. The number of aryl methyl sites for hydroxylation is 1. The van der Waals surface area contributed by atoms with Gasteiger partial charge in [-0.1, -0.05) is 15.9 Å². The summed E-state index contributed by atoms with van der Waals surface area (Å²) in [7, 11) is -3.44. The summed E-state index contributed by atoms with van der Waals surface area (Å²) < 4.78 is 33.0. The van der Waals surface area contributed by atoms with Gasteiger partial charge in [0.05, 0.1) is 11.4 Å². The lowest BCUT2D eigenvalue weighted by molar-refractivity contribution is 0.167. The summed E-state index contributed by atoms with van der Waals surface area (Å²) in [6.07, 6.45) is 0. The molecule has 1 aliphatic rings. The molecule has 0 saturated carbocycles. The van der Waals surface area contributed by atoms with E-state index in [0.717, 1.165) is 4.47 Å². The number of benzene rings is 1. The monoisotopic (exact) mass is 400 g/mol. The summed E-state index contributed by atoms with van der Waals surface area (Å²) in [4.78, 5) is 2.43. The molecule has 0 atom stereocenters. The van der Waals surface area contributed by atoms with Gasteiger partial charge in [-0.05, 0) is 24.3 Å². The molecule has 1 fully saturated rings. The topological polar surface area (TPSA) is 79.5 Å². The maximum atomic E-state index is 12.6. The fourth-order valence-electron chi connectivity index (χ4n) is 2.48. The van der Waals surface area contributed by atoms with Crippen LogP contribution in [0.15, 0.2) is 38.1 Å². The molecule has 2 aromatic rings. The van der Waals surface area contributed by atoms with Crippen molar-refractivity contribution in [3.63, 3.8) is 0 Å². The number of nitrogens with zero attached hydrogens (tertiary/aromatic N) is 4. The minimum absolute atomic E-state index is 0.321. The van der Waals surface area contributed by atoms with Crippen molar-refractivity contribution in [2.45, 2.75) is 18.4 Å². The Morgan fingerprint density at radius 2 is 1.78 bits per heavy atom. The molecule has 0 aliphatic carbocycles. The first-order chi connectivity index (χ1) is 10.9. The van der Waals surface area contributed by atoms with Crippen LogP contribution in [0.5, 0.6) is 0 Å². The first-order valence-electron chi connectivity index (χ1n) is 7.22. The minimum atomic E-state index is -3.44. The van der Waals surface area contributed by atoms with Crippen LogP contribution in [0.1, 0.15) is 11.8 Å². The van der Waals surface area contributed by atoms with Crippen molar-refractivity contribution in [1.29, 1.82) is 0 Å². The first-order valence-corrected chi connectivity index (χ1v) is 9.45. The van der Waals surface area contributed by atoms with Crippen molar-refractivity contribution >= 4 is 26.0 Å². The van der Waals surface area contributed by atoms with E-state index in [1.54, 1.807) is 31.2 Å². The lowest BCUT2D eigenvalue weighted by Crippen LogP contribution is -2.48. The summed E-state index contributed by atoms with van der Waals surface area (Å²) in [5.41, 5.74) is 0. The van der Waals surface area contributed by atoms with Crippen molar-refractivity contribution in [2.24, 2.45) is 0 Å². The second-order valence-corrected chi connectivity index (χ2v) is 8.20. The van der Waals surface area contributed by atoms with E-state index in [-0.39, 0.29) is 0 Å². The molecule has 0 amide bonds. The number of hydrogen-bond acceptors (Lipinski definition) is 6. The molecule has 9 heteroatoms. The van der Waals surface area contributed by atoms with Crippen LogP contribution in [0.25, 0.3) is 0 Å². The third-order valence-corrected chi connectivity index (χ3v) is 6.15. The molecule has 1 aromatic carbocycles. The van der Waals surface area contributed by atoms with Crippen LogP contribution in [0, 0.1) is 6.92 Å². The number of hydrogen-bond donors (Lipinski definition) is 0. The SMILES string of the molecule is Cc1nnc(CN2CCN(S(=O)(=O)c3ccc(Br)cc3)CC2)o1. The average molecular weight is 401 g/mol. The van der Waals surface area contributed by atoms with Gasteiger partial charge in [0.2, 0.25) is 21.8 Å². The number of rotatable bonds is 4. The van der Waals surface area contributed by atoms with Crippen molar-refractivity contribution < 1.29 is 12.8 Å². The predicted molar refractivity (Wildman–Crippen MR) is 87.2 cm³/mol. The maximum absolute atomic E-state index is 12.6. The molecule has 1 aliphatic heterocycles. The summed E-state index contributed by atoms with van der Waals surface area (Å²) in [5.74, 6) is 1.10. The van der Waals surface area contributed by atoms with Crippen LogP contribution in [0.4, 0.5) is 0 Å². The molecule has 1 aromatic heterocycles. The van der Waals surface area contributed by atoms with E-state index in [1.807, 2.05) is 0 Å². The van der Waals surface area contributed by atoms with Crippen LogP contribution < -0.4 is 0 Å². The van der Waals surface area contributed by atoms with Gasteiger partial charge in [0.25, 0.3) is 0 Å². The van der Waals surface area contributed by atoms with Crippen molar-refractivity contribution in [2.75, 3.05) is 26.2 Å². The Kier molecular flexibility index (Phi) is 4.81.